The molecule has 1 aliphatic heterocycles. The number of hydrogen-bond donors (Lipinski definition) is 1. The predicted octanol–water partition coefficient (Wildman–Crippen LogP) is 2.98. The van der Waals surface area contributed by atoms with E-state index in [4.69, 9.17) is 0 Å². The molecule has 0 aromatic heterocycles. The Morgan fingerprint density at radius 2 is 1.81 bits per heavy atom. The monoisotopic (exact) mass is 280 g/mol. The highest BCUT2D eigenvalue weighted by atomic mass is 15.2. The van der Waals surface area contributed by atoms with Gasteiger partial charge in [-0.1, -0.05) is 30.3 Å². The minimum absolute atomic E-state index is 0.913. The van der Waals surface area contributed by atoms with E-state index < -0.39 is 0 Å². The lowest BCUT2D eigenvalue weighted by Crippen LogP contribution is -2.28. The third kappa shape index (κ3) is 1.81. The lowest BCUT2D eigenvalue weighted by atomic mass is 9.97. The summed E-state index contributed by atoms with van der Waals surface area (Å²) in [6.45, 7) is 4.69. The van der Waals surface area contributed by atoms with E-state index in [0.29, 0.717) is 0 Å². The van der Waals surface area contributed by atoms with Crippen molar-refractivity contribution >= 4 is 5.70 Å². The molecular weight excluding hydrogens is 256 g/mol. The molecule has 2 nitrogen and oxygen atoms in total. The fraction of sp³-hybridized carbons (Fsp3) is 0.579. The molecule has 2 unspecified atom stereocenters. The lowest BCUT2D eigenvalue weighted by molar-refractivity contribution is 0.418. The summed E-state index contributed by atoms with van der Waals surface area (Å²) in [6, 6.07) is 11.2. The van der Waals surface area contributed by atoms with Crippen molar-refractivity contribution in [2.75, 3.05) is 26.2 Å². The molecule has 1 aromatic carbocycles. The van der Waals surface area contributed by atoms with Gasteiger partial charge in [0, 0.05) is 25.3 Å². The van der Waals surface area contributed by atoms with Crippen LogP contribution >= 0.6 is 0 Å². The average Bonchev–Trinajstić information content (AvgIpc) is 2.77. The van der Waals surface area contributed by atoms with Crippen molar-refractivity contribution in [3.05, 3.63) is 41.5 Å². The van der Waals surface area contributed by atoms with Gasteiger partial charge in [-0.25, -0.2) is 0 Å². The predicted molar refractivity (Wildman–Crippen MR) is 85.6 cm³/mol. The summed E-state index contributed by atoms with van der Waals surface area (Å²) >= 11 is 0. The van der Waals surface area contributed by atoms with Crippen LogP contribution in [-0.2, 0) is 0 Å². The SMILES string of the molecule is c1ccc(/C(=C2\C3CC4C(C3)C24)N2CCCNCC2)cc1. The first-order valence-corrected chi connectivity index (χ1v) is 8.68. The smallest absolute Gasteiger partial charge is 0.0438 e. The zero-order valence-corrected chi connectivity index (χ0v) is 12.6. The van der Waals surface area contributed by atoms with E-state index in [1.807, 2.05) is 5.57 Å². The highest BCUT2D eigenvalue weighted by Crippen LogP contribution is 2.74. The van der Waals surface area contributed by atoms with E-state index >= 15 is 0 Å². The summed E-state index contributed by atoms with van der Waals surface area (Å²) < 4.78 is 0. The molecule has 0 spiro atoms. The molecule has 2 atom stereocenters. The van der Waals surface area contributed by atoms with Gasteiger partial charge in [0.15, 0.2) is 0 Å². The van der Waals surface area contributed by atoms with Crippen LogP contribution in [0.25, 0.3) is 5.70 Å². The van der Waals surface area contributed by atoms with Crippen molar-refractivity contribution in [3.8, 4) is 0 Å². The van der Waals surface area contributed by atoms with Crippen LogP contribution in [-0.4, -0.2) is 31.1 Å². The third-order valence-electron chi connectivity index (χ3n) is 6.22. The molecule has 5 aliphatic rings. The second-order valence-electron chi connectivity index (χ2n) is 7.28. The first-order chi connectivity index (χ1) is 10.4. The van der Waals surface area contributed by atoms with E-state index in [2.05, 4.69) is 40.5 Å². The van der Waals surface area contributed by atoms with Gasteiger partial charge < -0.3 is 10.2 Å². The van der Waals surface area contributed by atoms with Crippen LogP contribution in [0.2, 0.25) is 0 Å². The quantitative estimate of drug-likeness (QED) is 0.896. The van der Waals surface area contributed by atoms with Crippen LogP contribution in [0.3, 0.4) is 0 Å². The maximum absolute atomic E-state index is 3.55. The Hall–Kier alpha value is -1.28. The molecule has 4 aliphatic carbocycles. The molecule has 0 radical (unpaired) electrons. The fourth-order valence-corrected chi connectivity index (χ4v) is 5.38. The van der Waals surface area contributed by atoms with Gasteiger partial charge in [-0.15, -0.1) is 0 Å². The molecule has 6 rings (SSSR count). The summed E-state index contributed by atoms with van der Waals surface area (Å²) in [6.07, 6.45) is 4.26. The van der Waals surface area contributed by atoms with Crippen LogP contribution in [0.1, 0.15) is 24.8 Å². The zero-order valence-electron chi connectivity index (χ0n) is 12.6. The van der Waals surface area contributed by atoms with Crippen LogP contribution in [0.15, 0.2) is 35.9 Å². The summed E-state index contributed by atoms with van der Waals surface area (Å²) in [5.74, 6) is 4.00. The van der Waals surface area contributed by atoms with Gasteiger partial charge >= 0.3 is 0 Å². The van der Waals surface area contributed by atoms with Crippen molar-refractivity contribution in [2.45, 2.75) is 19.3 Å². The number of rotatable bonds is 2. The van der Waals surface area contributed by atoms with Gasteiger partial charge in [0.2, 0.25) is 0 Å². The van der Waals surface area contributed by atoms with Crippen molar-refractivity contribution in [1.82, 2.24) is 10.2 Å². The standard InChI is InChI=1S/C19H24N2/c1-2-5-13(6-3-1)19(21-9-4-7-20-8-10-21)17-14-11-15-16(12-14)18(15)17/h1-3,5-6,14-16,18,20H,4,7-12H2/b19-17-. The van der Waals surface area contributed by atoms with E-state index in [1.165, 1.54) is 44.5 Å². The molecule has 1 saturated heterocycles. The van der Waals surface area contributed by atoms with E-state index in [-0.39, 0.29) is 0 Å². The van der Waals surface area contributed by atoms with Gasteiger partial charge in [0.05, 0.1) is 0 Å². The Balaban J connectivity index is 1.60. The number of hydrogen-bond acceptors (Lipinski definition) is 2. The van der Waals surface area contributed by atoms with Gasteiger partial charge in [-0.05, 0) is 60.6 Å². The normalized spacial score (nSPS) is 39.3. The first kappa shape index (κ1) is 12.3. The minimum Gasteiger partial charge on any atom is -0.370 e. The fourth-order valence-electron chi connectivity index (χ4n) is 5.38. The van der Waals surface area contributed by atoms with Gasteiger partial charge in [-0.2, -0.15) is 0 Å². The maximum atomic E-state index is 3.55. The molecule has 4 saturated carbocycles. The molecule has 2 heteroatoms. The topological polar surface area (TPSA) is 15.3 Å². The van der Waals surface area contributed by atoms with Crippen LogP contribution in [0, 0.1) is 23.7 Å². The van der Waals surface area contributed by atoms with Crippen LogP contribution < -0.4 is 5.32 Å². The molecule has 5 fully saturated rings. The molecule has 1 N–H and O–H groups in total. The summed E-state index contributed by atoms with van der Waals surface area (Å²) in [4.78, 5) is 2.70. The molecule has 1 aromatic rings. The molecule has 0 amide bonds. The van der Waals surface area contributed by atoms with Crippen molar-refractivity contribution in [2.24, 2.45) is 23.7 Å². The number of benzene rings is 1. The zero-order chi connectivity index (χ0) is 13.8. The maximum Gasteiger partial charge on any atom is 0.0438 e. The average molecular weight is 280 g/mol. The summed E-state index contributed by atoms with van der Waals surface area (Å²) in [7, 11) is 0. The molecule has 21 heavy (non-hydrogen) atoms. The second-order valence-corrected chi connectivity index (χ2v) is 7.28. The second kappa shape index (κ2) is 4.61. The lowest BCUT2D eigenvalue weighted by Gasteiger charge is -2.29. The Labute approximate surface area is 127 Å². The van der Waals surface area contributed by atoms with E-state index in [1.54, 1.807) is 5.70 Å². The summed E-state index contributed by atoms with van der Waals surface area (Å²) in [5.41, 5.74) is 4.93. The van der Waals surface area contributed by atoms with E-state index in [0.717, 1.165) is 30.2 Å². The van der Waals surface area contributed by atoms with Gasteiger partial charge in [-0.3, -0.25) is 0 Å². The molecule has 4 bridgehead atoms. The van der Waals surface area contributed by atoms with Crippen molar-refractivity contribution < 1.29 is 0 Å². The Bertz CT molecular complexity index is 552. The van der Waals surface area contributed by atoms with Gasteiger partial charge in [0.1, 0.15) is 0 Å². The highest BCUT2D eigenvalue weighted by molar-refractivity contribution is 5.71. The van der Waals surface area contributed by atoms with E-state index in [9.17, 15) is 0 Å². The Morgan fingerprint density at radius 3 is 2.52 bits per heavy atom. The van der Waals surface area contributed by atoms with Crippen LogP contribution in [0.4, 0.5) is 0 Å². The van der Waals surface area contributed by atoms with Crippen LogP contribution in [0.5, 0.6) is 0 Å². The first-order valence-electron chi connectivity index (χ1n) is 8.68. The van der Waals surface area contributed by atoms with Crippen molar-refractivity contribution in [3.63, 3.8) is 0 Å². The third-order valence-corrected chi connectivity index (χ3v) is 6.22. The summed E-state index contributed by atoms with van der Waals surface area (Å²) in [5, 5.41) is 3.55. The number of nitrogens with zero attached hydrogens (tertiary/aromatic N) is 1. The number of nitrogens with one attached hydrogen (secondary N) is 1. The Morgan fingerprint density at radius 1 is 1.00 bits per heavy atom. The molecule has 1 heterocycles. The van der Waals surface area contributed by atoms with Crippen molar-refractivity contribution in [1.29, 1.82) is 0 Å². The minimum atomic E-state index is 0.913. The Kier molecular flexibility index (Phi) is 2.69. The molecule has 110 valence electrons. The van der Waals surface area contributed by atoms with Gasteiger partial charge in [0.25, 0.3) is 0 Å². The largest absolute Gasteiger partial charge is 0.370 e. The number of allylic oxidation sites excluding steroid dienone is 1. The molecular formula is C19H24N2. The highest BCUT2D eigenvalue weighted by Gasteiger charge is 2.66.